The van der Waals surface area contributed by atoms with Gasteiger partial charge in [-0.05, 0) is 13.8 Å². The van der Waals surface area contributed by atoms with Crippen molar-refractivity contribution in [3.8, 4) is 0 Å². The monoisotopic (exact) mass is 126 g/mol. The highest BCUT2D eigenvalue weighted by molar-refractivity contribution is 4.88. The van der Waals surface area contributed by atoms with E-state index in [4.69, 9.17) is 0 Å². The van der Waals surface area contributed by atoms with Crippen LogP contribution in [0.2, 0.25) is 0 Å². The highest BCUT2D eigenvalue weighted by Crippen LogP contribution is 1.77. The van der Waals surface area contributed by atoms with E-state index in [0.29, 0.717) is 6.67 Å². The van der Waals surface area contributed by atoms with Gasteiger partial charge in [0.2, 0.25) is 0 Å². The molecular weight excluding hydrogens is 112 g/mol. The molecule has 2 nitrogen and oxygen atoms in total. The van der Waals surface area contributed by atoms with Gasteiger partial charge in [-0.3, -0.25) is 0 Å². The Bertz CT molecular complexity index is 102. The second-order valence-corrected chi connectivity index (χ2v) is 2.09. The minimum Gasteiger partial charge on any atom is -0.372 e. The predicted octanol–water partition coefficient (Wildman–Crippen LogP) is 1.19. The molecule has 2 N–H and O–H groups in total. The van der Waals surface area contributed by atoms with E-state index in [9.17, 15) is 0 Å². The van der Waals surface area contributed by atoms with Crippen molar-refractivity contribution in [3.63, 3.8) is 0 Å². The van der Waals surface area contributed by atoms with Crippen molar-refractivity contribution < 1.29 is 0 Å². The van der Waals surface area contributed by atoms with Crippen LogP contribution in [0.15, 0.2) is 24.6 Å². The van der Waals surface area contributed by atoms with Gasteiger partial charge in [0.25, 0.3) is 0 Å². The van der Waals surface area contributed by atoms with Gasteiger partial charge < -0.3 is 10.6 Å². The summed E-state index contributed by atoms with van der Waals surface area (Å²) < 4.78 is 0. The summed E-state index contributed by atoms with van der Waals surface area (Å²) in [5.41, 5.74) is 1.92. The van der Waals surface area contributed by atoms with Crippen LogP contribution in [0.5, 0.6) is 0 Å². The average Bonchev–Trinajstić information content (AvgIpc) is 1.63. The van der Waals surface area contributed by atoms with Crippen LogP contribution in [0.4, 0.5) is 0 Å². The Morgan fingerprint density at radius 2 is 1.44 bits per heavy atom. The number of hydrogen-bond acceptors (Lipinski definition) is 2. The zero-order chi connectivity index (χ0) is 7.28. The molecule has 0 saturated carbocycles. The van der Waals surface area contributed by atoms with Gasteiger partial charge in [0.05, 0.1) is 6.67 Å². The third kappa shape index (κ3) is 7.08. The van der Waals surface area contributed by atoms with E-state index in [1.807, 2.05) is 13.8 Å². The molecule has 9 heavy (non-hydrogen) atoms. The maximum Gasteiger partial charge on any atom is 0.0843 e. The van der Waals surface area contributed by atoms with E-state index in [-0.39, 0.29) is 0 Å². The first-order valence-corrected chi connectivity index (χ1v) is 2.91. The predicted molar refractivity (Wildman–Crippen MR) is 40.8 cm³/mol. The van der Waals surface area contributed by atoms with Crippen LogP contribution in [-0.4, -0.2) is 6.67 Å². The second-order valence-electron chi connectivity index (χ2n) is 2.09. The van der Waals surface area contributed by atoms with Crippen LogP contribution < -0.4 is 10.6 Å². The van der Waals surface area contributed by atoms with Crippen molar-refractivity contribution in [2.24, 2.45) is 0 Å². The summed E-state index contributed by atoms with van der Waals surface area (Å²) in [6.07, 6.45) is 0. The molecule has 0 spiro atoms. The molecule has 2 heteroatoms. The van der Waals surface area contributed by atoms with E-state index < -0.39 is 0 Å². The Hall–Kier alpha value is -0.920. The van der Waals surface area contributed by atoms with Crippen LogP contribution >= 0.6 is 0 Å². The van der Waals surface area contributed by atoms with Crippen molar-refractivity contribution in [2.45, 2.75) is 13.8 Å². The van der Waals surface area contributed by atoms with Crippen LogP contribution in [-0.2, 0) is 0 Å². The Morgan fingerprint density at radius 3 is 1.67 bits per heavy atom. The number of rotatable bonds is 4. The molecule has 0 radical (unpaired) electrons. The largest absolute Gasteiger partial charge is 0.372 e. The van der Waals surface area contributed by atoms with E-state index in [0.717, 1.165) is 11.4 Å². The van der Waals surface area contributed by atoms with Crippen molar-refractivity contribution in [1.82, 2.24) is 10.6 Å². The Labute approximate surface area is 56.6 Å². The maximum absolute atomic E-state index is 3.67. The molecule has 0 rings (SSSR count). The number of nitrogens with one attached hydrogen (secondary N) is 2. The lowest BCUT2D eigenvalue weighted by atomic mass is 10.5. The van der Waals surface area contributed by atoms with Gasteiger partial charge in [-0.2, -0.15) is 0 Å². The standard InChI is InChI=1S/C7H14N2/c1-6(2)8-5-9-7(3)4/h8-9H,1,3,5H2,2,4H3. The van der Waals surface area contributed by atoms with Crippen molar-refractivity contribution in [3.05, 3.63) is 24.6 Å². The Balaban J connectivity index is 3.10. The summed E-state index contributed by atoms with van der Waals surface area (Å²) in [7, 11) is 0. The van der Waals surface area contributed by atoms with Gasteiger partial charge in [0, 0.05) is 11.4 Å². The fourth-order valence-corrected chi connectivity index (χ4v) is 0.346. The average molecular weight is 126 g/mol. The molecule has 52 valence electrons. The Kier molecular flexibility index (Phi) is 3.60. The highest BCUT2D eigenvalue weighted by Gasteiger charge is 1.81. The van der Waals surface area contributed by atoms with E-state index in [1.165, 1.54) is 0 Å². The first-order chi connectivity index (χ1) is 4.13. The van der Waals surface area contributed by atoms with Crippen LogP contribution in [0.1, 0.15) is 13.8 Å². The highest BCUT2D eigenvalue weighted by atomic mass is 15.1. The summed E-state index contributed by atoms with van der Waals surface area (Å²) in [6, 6.07) is 0. The normalized spacial score (nSPS) is 8.22. The first-order valence-electron chi connectivity index (χ1n) is 2.91. The van der Waals surface area contributed by atoms with Crippen LogP contribution in [0.25, 0.3) is 0 Å². The first kappa shape index (κ1) is 8.08. The third-order valence-corrected chi connectivity index (χ3v) is 0.780. The fourth-order valence-electron chi connectivity index (χ4n) is 0.346. The van der Waals surface area contributed by atoms with Gasteiger partial charge >= 0.3 is 0 Å². The van der Waals surface area contributed by atoms with Gasteiger partial charge in [-0.25, -0.2) is 0 Å². The molecule has 0 aliphatic heterocycles. The summed E-state index contributed by atoms with van der Waals surface area (Å²) in [4.78, 5) is 0. The lowest BCUT2D eigenvalue weighted by Crippen LogP contribution is -2.25. The summed E-state index contributed by atoms with van der Waals surface area (Å²) in [5.74, 6) is 0. The smallest absolute Gasteiger partial charge is 0.0843 e. The maximum atomic E-state index is 3.67. The van der Waals surface area contributed by atoms with Crippen molar-refractivity contribution in [1.29, 1.82) is 0 Å². The fraction of sp³-hybridized carbons (Fsp3) is 0.429. The molecular formula is C7H14N2. The molecule has 0 unspecified atom stereocenters. The van der Waals surface area contributed by atoms with Crippen molar-refractivity contribution in [2.75, 3.05) is 6.67 Å². The zero-order valence-corrected chi connectivity index (χ0v) is 6.12. The molecule has 0 amide bonds. The Morgan fingerprint density at radius 1 is 1.11 bits per heavy atom. The molecule has 0 aromatic heterocycles. The molecule has 0 atom stereocenters. The lowest BCUT2D eigenvalue weighted by molar-refractivity contribution is 0.711. The van der Waals surface area contributed by atoms with Gasteiger partial charge in [-0.15, -0.1) is 0 Å². The third-order valence-electron chi connectivity index (χ3n) is 0.780. The summed E-state index contributed by atoms with van der Waals surface area (Å²) in [6.45, 7) is 11.9. The lowest BCUT2D eigenvalue weighted by Gasteiger charge is -2.06. The zero-order valence-electron chi connectivity index (χ0n) is 6.12. The minimum absolute atomic E-state index is 0.713. The molecule has 0 aliphatic carbocycles. The topological polar surface area (TPSA) is 24.1 Å². The molecule has 0 aliphatic rings. The van der Waals surface area contributed by atoms with E-state index in [2.05, 4.69) is 23.8 Å². The number of allylic oxidation sites excluding steroid dienone is 2. The molecule has 0 bridgehead atoms. The molecule has 0 aromatic rings. The van der Waals surface area contributed by atoms with Gasteiger partial charge in [0.15, 0.2) is 0 Å². The quantitative estimate of drug-likeness (QED) is 0.553. The summed E-state index contributed by atoms with van der Waals surface area (Å²) >= 11 is 0. The molecule has 0 saturated heterocycles. The minimum atomic E-state index is 0.713. The summed E-state index contributed by atoms with van der Waals surface area (Å²) in [5, 5.41) is 6.02. The van der Waals surface area contributed by atoms with Crippen LogP contribution in [0, 0.1) is 0 Å². The van der Waals surface area contributed by atoms with Gasteiger partial charge in [0.1, 0.15) is 0 Å². The molecule has 0 aromatic carbocycles. The van der Waals surface area contributed by atoms with Crippen molar-refractivity contribution >= 4 is 0 Å². The molecule has 0 heterocycles. The van der Waals surface area contributed by atoms with Crippen LogP contribution in [0.3, 0.4) is 0 Å². The van der Waals surface area contributed by atoms with E-state index in [1.54, 1.807) is 0 Å². The second kappa shape index (κ2) is 4.01. The SMILES string of the molecule is C=C(C)NCNC(=C)C. The van der Waals surface area contributed by atoms with Gasteiger partial charge in [-0.1, -0.05) is 13.2 Å². The van der Waals surface area contributed by atoms with E-state index >= 15 is 0 Å². The molecule has 0 fully saturated rings. The number of hydrogen-bond donors (Lipinski definition) is 2.